The van der Waals surface area contributed by atoms with E-state index in [1.807, 2.05) is 12.3 Å². The van der Waals surface area contributed by atoms with Crippen molar-refractivity contribution in [3.05, 3.63) is 29.1 Å². The van der Waals surface area contributed by atoms with Crippen LogP contribution in [0.1, 0.15) is 24.8 Å². The summed E-state index contributed by atoms with van der Waals surface area (Å²) in [7, 11) is 1.62. The molecular weight excluding hydrogens is 248 g/mol. The molecule has 2 atom stereocenters. The summed E-state index contributed by atoms with van der Waals surface area (Å²) in [6.07, 6.45) is 7.91. The molecule has 96 valence electrons. The van der Waals surface area contributed by atoms with E-state index in [1.54, 1.807) is 7.11 Å². The van der Waals surface area contributed by atoms with Gasteiger partial charge in [-0.15, -0.1) is 0 Å². The summed E-state index contributed by atoms with van der Waals surface area (Å²) in [6.45, 7) is 1.13. The average molecular weight is 265 g/mol. The fourth-order valence-electron chi connectivity index (χ4n) is 2.93. The molecule has 0 amide bonds. The molecule has 1 aliphatic heterocycles. The third-order valence-electron chi connectivity index (χ3n) is 3.90. The van der Waals surface area contributed by atoms with Crippen LogP contribution in [0.3, 0.4) is 0 Å². The maximum absolute atomic E-state index is 5.96. The molecule has 3 rings (SSSR count). The molecule has 2 heterocycles. The van der Waals surface area contributed by atoms with Gasteiger partial charge in [0.15, 0.2) is 10.9 Å². The van der Waals surface area contributed by atoms with Crippen LogP contribution >= 0.6 is 11.6 Å². The molecule has 0 saturated carbocycles. The lowest BCUT2D eigenvalue weighted by molar-refractivity contribution is 0.341. The highest BCUT2D eigenvalue weighted by atomic mass is 35.5. The van der Waals surface area contributed by atoms with E-state index in [9.17, 15) is 0 Å². The molecule has 4 heteroatoms. The van der Waals surface area contributed by atoms with Gasteiger partial charge >= 0.3 is 0 Å². The quantitative estimate of drug-likeness (QED) is 0.834. The number of allylic oxidation sites excluding steroid dienone is 1. The van der Waals surface area contributed by atoms with Crippen LogP contribution in [0.15, 0.2) is 18.3 Å². The Morgan fingerprint density at radius 2 is 2.39 bits per heavy atom. The number of pyridine rings is 1. The van der Waals surface area contributed by atoms with Crippen LogP contribution < -0.4 is 10.1 Å². The Labute approximate surface area is 112 Å². The summed E-state index contributed by atoms with van der Waals surface area (Å²) >= 11 is 5.96. The second-order valence-electron chi connectivity index (χ2n) is 5.00. The molecule has 0 spiro atoms. The van der Waals surface area contributed by atoms with Crippen molar-refractivity contribution in [1.29, 1.82) is 0 Å². The Hall–Kier alpha value is -1.06. The maximum atomic E-state index is 5.96. The molecule has 0 radical (unpaired) electrons. The number of nitrogens with one attached hydrogen (secondary N) is 1. The number of fused-ring (bicyclic) bond motifs is 1. The van der Waals surface area contributed by atoms with Gasteiger partial charge < -0.3 is 10.1 Å². The van der Waals surface area contributed by atoms with Gasteiger partial charge in [-0.25, -0.2) is 4.98 Å². The minimum absolute atomic E-state index is 0.426. The number of rotatable bonds is 2. The molecule has 1 aromatic rings. The fraction of sp³-hybridized carbons (Fsp3) is 0.500. The summed E-state index contributed by atoms with van der Waals surface area (Å²) in [6, 6.07) is 2.52. The van der Waals surface area contributed by atoms with Gasteiger partial charge in [-0.05, 0) is 48.9 Å². The first-order valence-electron chi connectivity index (χ1n) is 6.42. The second kappa shape index (κ2) is 4.90. The van der Waals surface area contributed by atoms with Crippen molar-refractivity contribution < 1.29 is 4.74 Å². The highest BCUT2D eigenvalue weighted by Crippen LogP contribution is 2.38. The lowest BCUT2D eigenvalue weighted by atomic mass is 9.92. The molecule has 18 heavy (non-hydrogen) atoms. The van der Waals surface area contributed by atoms with Gasteiger partial charge in [0.1, 0.15) is 0 Å². The predicted octanol–water partition coefficient (Wildman–Crippen LogP) is 2.90. The molecule has 1 aromatic heterocycles. The number of hydrogen-bond acceptors (Lipinski definition) is 3. The number of piperidine rings is 1. The molecule has 1 saturated heterocycles. The standard InChI is InChI=1S/C14H17ClN2O/c1-18-13-7-11(8-17-14(13)15)10-5-9-3-2-4-16-12(9)6-10/h6-9,12,16H,2-5H2,1H3/t9-,12+/m0/s1. The van der Waals surface area contributed by atoms with Gasteiger partial charge in [-0.2, -0.15) is 0 Å². The Balaban J connectivity index is 1.87. The lowest BCUT2D eigenvalue weighted by Crippen LogP contribution is -2.37. The minimum atomic E-state index is 0.426. The zero-order chi connectivity index (χ0) is 12.5. The Kier molecular flexibility index (Phi) is 3.27. The second-order valence-corrected chi connectivity index (χ2v) is 5.35. The molecule has 1 aliphatic carbocycles. The summed E-state index contributed by atoms with van der Waals surface area (Å²) < 4.78 is 5.23. The van der Waals surface area contributed by atoms with Gasteiger partial charge in [0.05, 0.1) is 7.11 Å². The van der Waals surface area contributed by atoms with Crippen molar-refractivity contribution in [2.75, 3.05) is 13.7 Å². The van der Waals surface area contributed by atoms with Crippen LogP contribution in [0, 0.1) is 5.92 Å². The Bertz CT molecular complexity index is 487. The zero-order valence-electron chi connectivity index (χ0n) is 10.4. The van der Waals surface area contributed by atoms with Gasteiger partial charge in [0.2, 0.25) is 0 Å². The zero-order valence-corrected chi connectivity index (χ0v) is 11.2. The van der Waals surface area contributed by atoms with Gasteiger partial charge in [-0.3, -0.25) is 0 Å². The van der Waals surface area contributed by atoms with Crippen LogP contribution in [0.5, 0.6) is 5.75 Å². The van der Waals surface area contributed by atoms with E-state index >= 15 is 0 Å². The van der Waals surface area contributed by atoms with E-state index in [4.69, 9.17) is 16.3 Å². The van der Waals surface area contributed by atoms with Crippen molar-refractivity contribution in [3.63, 3.8) is 0 Å². The van der Waals surface area contributed by atoms with Crippen LogP contribution in [-0.4, -0.2) is 24.7 Å². The van der Waals surface area contributed by atoms with E-state index < -0.39 is 0 Å². The van der Waals surface area contributed by atoms with Crippen molar-refractivity contribution in [3.8, 4) is 5.75 Å². The largest absolute Gasteiger partial charge is 0.494 e. The van der Waals surface area contributed by atoms with Crippen LogP contribution in [0.2, 0.25) is 5.15 Å². The fourth-order valence-corrected chi connectivity index (χ4v) is 3.11. The molecule has 3 nitrogen and oxygen atoms in total. The maximum Gasteiger partial charge on any atom is 0.171 e. The number of hydrogen-bond donors (Lipinski definition) is 1. The topological polar surface area (TPSA) is 34.1 Å². The monoisotopic (exact) mass is 264 g/mol. The summed E-state index contributed by atoms with van der Waals surface area (Å²) in [4.78, 5) is 4.19. The number of ether oxygens (including phenoxy) is 1. The van der Waals surface area contributed by atoms with Crippen molar-refractivity contribution in [1.82, 2.24) is 10.3 Å². The highest BCUT2D eigenvalue weighted by Gasteiger charge is 2.30. The first kappa shape index (κ1) is 12.0. The molecule has 1 fully saturated rings. The Morgan fingerprint density at radius 3 is 3.17 bits per heavy atom. The van der Waals surface area contributed by atoms with E-state index in [1.165, 1.54) is 18.4 Å². The number of nitrogens with zero attached hydrogens (tertiary/aromatic N) is 1. The molecule has 0 unspecified atom stereocenters. The third kappa shape index (κ3) is 2.13. The van der Waals surface area contributed by atoms with Crippen LogP contribution in [0.25, 0.3) is 5.57 Å². The van der Waals surface area contributed by atoms with Gasteiger partial charge in [-0.1, -0.05) is 17.7 Å². The van der Waals surface area contributed by atoms with Crippen molar-refractivity contribution in [2.24, 2.45) is 5.92 Å². The average Bonchev–Trinajstić information content (AvgIpc) is 2.83. The van der Waals surface area contributed by atoms with Crippen LogP contribution in [0.4, 0.5) is 0 Å². The van der Waals surface area contributed by atoms with Crippen molar-refractivity contribution >= 4 is 17.2 Å². The predicted molar refractivity (Wildman–Crippen MR) is 72.9 cm³/mol. The molecule has 1 N–H and O–H groups in total. The van der Waals surface area contributed by atoms with E-state index in [0.717, 1.165) is 24.4 Å². The summed E-state index contributed by atoms with van der Waals surface area (Å²) in [5, 5.41) is 3.99. The lowest BCUT2D eigenvalue weighted by Gasteiger charge is -2.25. The normalized spacial score (nSPS) is 26.7. The van der Waals surface area contributed by atoms with Crippen LogP contribution in [-0.2, 0) is 0 Å². The summed E-state index contributed by atoms with van der Waals surface area (Å²) in [5.41, 5.74) is 2.49. The third-order valence-corrected chi connectivity index (χ3v) is 4.18. The first-order valence-corrected chi connectivity index (χ1v) is 6.79. The number of methoxy groups -OCH3 is 1. The molecular formula is C14H17ClN2O. The van der Waals surface area contributed by atoms with Gasteiger partial charge in [0.25, 0.3) is 0 Å². The SMILES string of the molecule is COc1cc(C2=C[C@H]3NCCC[C@H]3C2)cnc1Cl. The smallest absolute Gasteiger partial charge is 0.171 e. The highest BCUT2D eigenvalue weighted by molar-refractivity contribution is 6.30. The Morgan fingerprint density at radius 1 is 1.50 bits per heavy atom. The van der Waals surface area contributed by atoms with E-state index in [0.29, 0.717) is 16.9 Å². The van der Waals surface area contributed by atoms with E-state index in [-0.39, 0.29) is 0 Å². The molecule has 0 bridgehead atoms. The number of aromatic nitrogens is 1. The first-order chi connectivity index (χ1) is 8.78. The number of halogens is 1. The van der Waals surface area contributed by atoms with E-state index in [2.05, 4.69) is 16.4 Å². The summed E-state index contributed by atoms with van der Waals surface area (Å²) in [5.74, 6) is 1.40. The van der Waals surface area contributed by atoms with Crippen molar-refractivity contribution in [2.45, 2.75) is 25.3 Å². The minimum Gasteiger partial charge on any atom is -0.494 e. The molecule has 0 aromatic carbocycles. The van der Waals surface area contributed by atoms with Gasteiger partial charge in [0, 0.05) is 12.2 Å². The molecule has 2 aliphatic rings.